The first-order chi connectivity index (χ1) is 20.4. The van der Waals surface area contributed by atoms with Gasteiger partial charge in [0.1, 0.15) is 0 Å². The molecule has 2 saturated heterocycles. The molecule has 3 aromatic carbocycles. The fraction of sp³-hybridized carbons (Fsp3) is 0.421. The largest absolute Gasteiger partial charge is 0.375 e. The third-order valence-corrected chi connectivity index (χ3v) is 8.87. The van der Waals surface area contributed by atoms with Crippen molar-refractivity contribution >= 4 is 10.8 Å². The lowest BCUT2D eigenvalue weighted by atomic mass is 9.82. The maximum absolute atomic E-state index is 4.45. The van der Waals surface area contributed by atoms with Crippen LogP contribution in [0.15, 0.2) is 98.2 Å². The van der Waals surface area contributed by atoms with Gasteiger partial charge in [-0.2, -0.15) is 0 Å². The molecule has 1 atom stereocenters. The molecule has 2 aliphatic rings. The molecule has 4 nitrogen and oxygen atoms in total. The van der Waals surface area contributed by atoms with Gasteiger partial charge in [0.05, 0.1) is 0 Å². The highest BCUT2D eigenvalue weighted by molar-refractivity contribution is 5.82. The van der Waals surface area contributed by atoms with E-state index >= 15 is 0 Å². The lowest BCUT2D eigenvalue weighted by Gasteiger charge is -2.51. The third kappa shape index (κ3) is 9.60. The van der Waals surface area contributed by atoms with Gasteiger partial charge in [-0.1, -0.05) is 91.9 Å². The highest BCUT2D eigenvalue weighted by Gasteiger charge is 2.39. The van der Waals surface area contributed by atoms with E-state index in [-0.39, 0.29) is 0 Å². The molecule has 5 rings (SSSR count). The Morgan fingerprint density at radius 3 is 2.00 bits per heavy atom. The molecular formula is C38H54N4. The van der Waals surface area contributed by atoms with Crippen molar-refractivity contribution in [2.45, 2.75) is 51.1 Å². The second kappa shape index (κ2) is 18.2. The van der Waals surface area contributed by atoms with Crippen LogP contribution in [0.25, 0.3) is 10.8 Å². The Balaban J connectivity index is 0.000000340. The third-order valence-electron chi connectivity index (χ3n) is 8.87. The van der Waals surface area contributed by atoms with Crippen LogP contribution in [0.4, 0.5) is 0 Å². The zero-order chi connectivity index (χ0) is 31.0. The number of aryl methyl sites for hydroxylation is 1. The van der Waals surface area contributed by atoms with Gasteiger partial charge < -0.3 is 15.1 Å². The zero-order valence-electron chi connectivity index (χ0n) is 26.7. The summed E-state index contributed by atoms with van der Waals surface area (Å²) in [6.07, 6.45) is 12.8. The monoisotopic (exact) mass is 566 g/mol. The van der Waals surface area contributed by atoms with E-state index in [2.05, 4.69) is 153 Å². The molecular weight excluding hydrogens is 512 g/mol. The Hall–Kier alpha value is -3.36. The van der Waals surface area contributed by atoms with E-state index < -0.39 is 0 Å². The minimum absolute atomic E-state index is 0.342. The van der Waals surface area contributed by atoms with Crippen LogP contribution in [0.2, 0.25) is 0 Å². The van der Waals surface area contributed by atoms with Crippen LogP contribution in [-0.2, 0) is 0 Å². The summed E-state index contributed by atoms with van der Waals surface area (Å²) < 4.78 is 0. The van der Waals surface area contributed by atoms with Gasteiger partial charge in [-0.25, -0.2) is 0 Å². The zero-order valence-corrected chi connectivity index (χ0v) is 26.7. The molecule has 3 aromatic rings. The number of rotatable bonds is 7. The highest BCUT2D eigenvalue weighted by Crippen LogP contribution is 2.35. The minimum atomic E-state index is 0.342. The number of hydrogen-bond acceptors (Lipinski definition) is 4. The number of piperazine rings is 1. The van der Waals surface area contributed by atoms with Crippen molar-refractivity contribution in [3.8, 4) is 12.8 Å². The Kier molecular flexibility index (Phi) is 15.1. The molecule has 0 amide bonds. The van der Waals surface area contributed by atoms with Gasteiger partial charge >= 0.3 is 0 Å². The number of terminal acetylenes is 1. The molecule has 4 heteroatoms. The normalized spacial score (nSPS) is 17.3. The molecule has 2 heterocycles. The van der Waals surface area contributed by atoms with Crippen LogP contribution in [0.5, 0.6) is 0 Å². The maximum atomic E-state index is 4.45. The molecule has 2 fully saturated rings. The summed E-state index contributed by atoms with van der Waals surface area (Å²) in [5.74, 6) is 0. The summed E-state index contributed by atoms with van der Waals surface area (Å²) in [4.78, 5) is 7.78. The Morgan fingerprint density at radius 1 is 0.857 bits per heavy atom. The molecule has 0 aromatic heterocycles. The van der Waals surface area contributed by atoms with Crippen LogP contribution >= 0.6 is 0 Å². The number of nitrogens with zero attached hydrogens (tertiary/aromatic N) is 3. The van der Waals surface area contributed by atoms with Crippen LogP contribution in [0, 0.1) is 19.8 Å². The summed E-state index contributed by atoms with van der Waals surface area (Å²) in [6.45, 7) is 22.1. The highest BCUT2D eigenvalue weighted by atomic mass is 15.3. The number of hydrogen-bond donors (Lipinski definition) is 1. The van der Waals surface area contributed by atoms with Crippen molar-refractivity contribution < 1.29 is 0 Å². The first-order valence-electron chi connectivity index (χ1n) is 15.3. The maximum Gasteiger partial charge on any atom is 0.0372 e. The lowest BCUT2D eigenvalue weighted by Crippen LogP contribution is -2.59. The van der Waals surface area contributed by atoms with E-state index in [4.69, 9.17) is 0 Å². The number of likely N-dealkylation sites (N-methyl/N-ethyl adjacent to an activating group) is 1. The van der Waals surface area contributed by atoms with Crippen LogP contribution in [0.3, 0.4) is 0 Å². The van der Waals surface area contributed by atoms with Gasteiger partial charge in [0.2, 0.25) is 0 Å². The summed E-state index contributed by atoms with van der Waals surface area (Å²) in [5, 5.41) is 6.12. The summed E-state index contributed by atoms with van der Waals surface area (Å²) in [7, 11) is 4.30. The molecule has 0 aliphatic carbocycles. The van der Waals surface area contributed by atoms with E-state index in [0.29, 0.717) is 11.6 Å². The Labute approximate surface area is 257 Å². The average Bonchev–Trinajstić information content (AvgIpc) is 3.06. The van der Waals surface area contributed by atoms with Crippen molar-refractivity contribution in [1.82, 2.24) is 20.0 Å². The molecule has 42 heavy (non-hydrogen) atoms. The van der Waals surface area contributed by atoms with Crippen molar-refractivity contribution in [1.29, 1.82) is 0 Å². The second-order valence-electron chi connectivity index (χ2n) is 11.2. The quantitative estimate of drug-likeness (QED) is 0.236. The van der Waals surface area contributed by atoms with E-state index in [1.165, 1.54) is 73.0 Å². The summed E-state index contributed by atoms with van der Waals surface area (Å²) in [5.41, 5.74) is 4.35. The summed E-state index contributed by atoms with van der Waals surface area (Å²) >= 11 is 0. The second-order valence-corrected chi connectivity index (χ2v) is 11.2. The molecule has 226 valence electrons. The molecule has 1 unspecified atom stereocenters. The topological polar surface area (TPSA) is 21.8 Å². The molecule has 0 spiro atoms. The minimum Gasteiger partial charge on any atom is -0.375 e. The first-order valence-corrected chi connectivity index (χ1v) is 15.3. The van der Waals surface area contributed by atoms with Gasteiger partial charge in [-0.05, 0) is 56.6 Å². The fourth-order valence-corrected chi connectivity index (χ4v) is 6.16. The predicted molar refractivity (Wildman–Crippen MR) is 185 cm³/mol. The molecule has 1 N–H and O–H groups in total. The van der Waals surface area contributed by atoms with Gasteiger partial charge in [0.15, 0.2) is 0 Å². The van der Waals surface area contributed by atoms with Crippen LogP contribution < -0.4 is 5.32 Å². The Morgan fingerprint density at radius 2 is 1.43 bits per heavy atom. The Bertz CT molecular complexity index is 1200. The molecule has 0 saturated carbocycles. The standard InChI is InChI=1S/C23H38N4.C11H10.C2H4.C2H2/c1-5-23(27-17-15-25(4)16-18-27)11-13-26(14-12-23)20(2)19-22(24-3)21-9-7-6-8-10-21;1-9-6-7-10-4-2-3-5-11(10)8-9;2*1-2/h6-10,22,24H,2,5,11-19H2,1,3-4H3;2-8H,1H3;1-2H2;1-2H. The summed E-state index contributed by atoms with van der Waals surface area (Å²) in [6, 6.07) is 26.0. The van der Waals surface area contributed by atoms with E-state index in [0.717, 1.165) is 19.5 Å². The first kappa shape index (κ1) is 34.8. The van der Waals surface area contributed by atoms with E-state index in [1.54, 1.807) is 0 Å². The fourth-order valence-electron chi connectivity index (χ4n) is 6.16. The average molecular weight is 567 g/mol. The molecule has 0 radical (unpaired) electrons. The predicted octanol–water partition coefficient (Wildman–Crippen LogP) is 7.54. The SMILES string of the molecule is C#C.C=C.C=C(CC(NC)c1ccccc1)N1CCC(CC)(N2CCN(C)CC2)CC1.Cc1ccc2ccccc2c1. The van der Waals surface area contributed by atoms with E-state index in [1.807, 2.05) is 0 Å². The van der Waals surface area contributed by atoms with Crippen LogP contribution in [0.1, 0.15) is 49.8 Å². The van der Waals surface area contributed by atoms with Crippen LogP contribution in [-0.4, -0.2) is 73.6 Å². The van der Waals surface area contributed by atoms with Crippen molar-refractivity contribution in [2.24, 2.45) is 0 Å². The van der Waals surface area contributed by atoms with Crippen molar-refractivity contribution in [3.63, 3.8) is 0 Å². The number of benzene rings is 3. The van der Waals surface area contributed by atoms with Gasteiger partial charge in [-0.3, -0.25) is 4.90 Å². The van der Waals surface area contributed by atoms with Crippen molar-refractivity contribution in [3.05, 3.63) is 109 Å². The lowest BCUT2D eigenvalue weighted by molar-refractivity contribution is -0.00359. The van der Waals surface area contributed by atoms with Gasteiger partial charge in [0.25, 0.3) is 0 Å². The molecule has 0 bridgehead atoms. The van der Waals surface area contributed by atoms with Gasteiger partial charge in [0, 0.05) is 63.0 Å². The number of piperidine rings is 1. The smallest absolute Gasteiger partial charge is 0.0372 e. The number of likely N-dealkylation sites (tertiary alicyclic amines) is 1. The van der Waals surface area contributed by atoms with Crippen molar-refractivity contribution in [2.75, 3.05) is 53.4 Å². The van der Waals surface area contributed by atoms with Gasteiger partial charge in [-0.15, -0.1) is 26.0 Å². The number of fused-ring (bicyclic) bond motifs is 1. The molecule has 2 aliphatic heterocycles. The number of nitrogens with one attached hydrogen (secondary N) is 1. The van der Waals surface area contributed by atoms with E-state index in [9.17, 15) is 0 Å².